The highest BCUT2D eigenvalue weighted by atomic mass is 16.7. The second-order valence-electron chi connectivity index (χ2n) is 6.94. The number of amides is 2. The van der Waals surface area contributed by atoms with E-state index in [-0.39, 0.29) is 18.2 Å². The Morgan fingerprint density at radius 1 is 1.21 bits per heavy atom. The molecule has 1 aromatic carbocycles. The van der Waals surface area contributed by atoms with Crippen molar-refractivity contribution in [2.45, 2.75) is 31.8 Å². The Bertz CT molecular complexity index is 534. The van der Waals surface area contributed by atoms with E-state index >= 15 is 0 Å². The molecule has 0 radical (unpaired) electrons. The van der Waals surface area contributed by atoms with E-state index in [1.807, 2.05) is 63.2 Å². The summed E-state index contributed by atoms with van der Waals surface area (Å²) in [6, 6.07) is 9.61. The zero-order chi connectivity index (χ0) is 17.7. The van der Waals surface area contributed by atoms with Gasteiger partial charge in [-0.05, 0) is 33.5 Å². The highest BCUT2D eigenvalue weighted by Crippen LogP contribution is 2.32. The molecular formula is C18H29N3O3. The van der Waals surface area contributed by atoms with Gasteiger partial charge in [0.15, 0.2) is 5.79 Å². The zero-order valence-electron chi connectivity index (χ0n) is 15.3. The predicted molar refractivity (Wildman–Crippen MR) is 93.8 cm³/mol. The lowest BCUT2D eigenvalue weighted by atomic mass is 10.0. The van der Waals surface area contributed by atoms with Crippen LogP contribution in [0.5, 0.6) is 0 Å². The largest absolute Gasteiger partial charge is 0.348 e. The first-order chi connectivity index (χ1) is 11.3. The van der Waals surface area contributed by atoms with E-state index in [2.05, 4.69) is 5.32 Å². The van der Waals surface area contributed by atoms with Crippen molar-refractivity contribution in [3.63, 3.8) is 0 Å². The Labute approximate surface area is 144 Å². The summed E-state index contributed by atoms with van der Waals surface area (Å²) in [7, 11) is 5.77. The van der Waals surface area contributed by atoms with Gasteiger partial charge >= 0.3 is 6.03 Å². The lowest BCUT2D eigenvalue weighted by Crippen LogP contribution is -2.54. The third kappa shape index (κ3) is 5.19. The average Bonchev–Trinajstić information content (AvgIpc) is 2.54. The van der Waals surface area contributed by atoms with Crippen molar-refractivity contribution in [3.05, 3.63) is 35.9 Å². The summed E-state index contributed by atoms with van der Waals surface area (Å²) in [6.45, 7) is 5.68. The zero-order valence-corrected chi connectivity index (χ0v) is 15.3. The molecule has 0 aliphatic carbocycles. The van der Waals surface area contributed by atoms with Crippen LogP contribution in [0.15, 0.2) is 30.3 Å². The van der Waals surface area contributed by atoms with Crippen molar-refractivity contribution in [2.24, 2.45) is 0 Å². The van der Waals surface area contributed by atoms with Crippen LogP contribution in [0.25, 0.3) is 0 Å². The second-order valence-corrected chi connectivity index (χ2v) is 6.94. The van der Waals surface area contributed by atoms with E-state index in [1.165, 1.54) is 0 Å². The highest BCUT2D eigenvalue weighted by molar-refractivity contribution is 5.74. The van der Waals surface area contributed by atoms with Gasteiger partial charge < -0.3 is 24.6 Å². The van der Waals surface area contributed by atoms with Crippen molar-refractivity contribution in [2.75, 3.05) is 40.8 Å². The van der Waals surface area contributed by atoms with Crippen LogP contribution >= 0.6 is 0 Å². The lowest BCUT2D eigenvalue weighted by molar-refractivity contribution is -0.284. The molecule has 0 saturated carbocycles. The Hall–Kier alpha value is -1.63. The SMILES string of the molecule is CN(C)CCN(C)C(=O)N[C@@H]1COC(C)(C)O[C@@H]1c1ccccc1. The molecule has 1 heterocycles. The molecule has 0 bridgehead atoms. The van der Waals surface area contributed by atoms with Gasteiger partial charge in [0, 0.05) is 20.1 Å². The summed E-state index contributed by atoms with van der Waals surface area (Å²) in [6.07, 6.45) is -0.235. The van der Waals surface area contributed by atoms with Crippen molar-refractivity contribution in [1.82, 2.24) is 15.1 Å². The molecule has 0 aromatic heterocycles. The molecule has 0 spiro atoms. The summed E-state index contributed by atoms with van der Waals surface area (Å²) in [5.74, 6) is -0.668. The van der Waals surface area contributed by atoms with Gasteiger partial charge in [-0.25, -0.2) is 4.79 Å². The number of rotatable bonds is 5. The minimum Gasteiger partial charge on any atom is -0.348 e. The summed E-state index contributed by atoms with van der Waals surface area (Å²) in [4.78, 5) is 16.2. The van der Waals surface area contributed by atoms with Crippen LogP contribution in [0, 0.1) is 0 Å². The van der Waals surface area contributed by atoms with Gasteiger partial charge in [0.2, 0.25) is 0 Å². The van der Waals surface area contributed by atoms with Crippen LogP contribution in [0.2, 0.25) is 0 Å². The van der Waals surface area contributed by atoms with Crippen molar-refractivity contribution in [1.29, 1.82) is 0 Å². The number of hydrogen-bond acceptors (Lipinski definition) is 4. The maximum Gasteiger partial charge on any atom is 0.317 e. The van der Waals surface area contributed by atoms with E-state index in [0.29, 0.717) is 13.2 Å². The second kappa shape index (κ2) is 7.96. The number of urea groups is 1. The molecule has 2 amide bonds. The maximum absolute atomic E-state index is 12.4. The monoisotopic (exact) mass is 335 g/mol. The standard InChI is InChI=1S/C18H29N3O3/c1-18(2)23-13-15(16(24-18)14-9-7-6-8-10-14)19-17(22)21(5)12-11-20(3)4/h6-10,15-16H,11-13H2,1-5H3,(H,19,22)/t15-,16-/m1/s1. The van der Waals surface area contributed by atoms with Crippen molar-refractivity contribution in [3.8, 4) is 0 Å². The number of nitrogens with one attached hydrogen (secondary N) is 1. The first-order valence-corrected chi connectivity index (χ1v) is 8.31. The van der Waals surface area contributed by atoms with Crippen LogP contribution in [0.4, 0.5) is 4.79 Å². The molecule has 2 rings (SSSR count). The summed E-state index contributed by atoms with van der Waals surface area (Å²) in [5, 5.41) is 3.05. The molecule has 2 atom stereocenters. The van der Waals surface area contributed by atoms with Crippen LogP contribution in [-0.4, -0.2) is 68.5 Å². The summed E-state index contributed by atoms with van der Waals surface area (Å²) < 4.78 is 11.8. The number of carbonyl (C=O) groups excluding carboxylic acids is 1. The topological polar surface area (TPSA) is 54.0 Å². The van der Waals surface area contributed by atoms with E-state index in [9.17, 15) is 4.79 Å². The molecule has 1 fully saturated rings. The van der Waals surface area contributed by atoms with Gasteiger partial charge in [-0.3, -0.25) is 0 Å². The fourth-order valence-corrected chi connectivity index (χ4v) is 2.58. The Kier molecular flexibility index (Phi) is 6.21. The molecule has 134 valence electrons. The first kappa shape index (κ1) is 18.7. The van der Waals surface area contributed by atoms with Gasteiger partial charge in [-0.1, -0.05) is 30.3 Å². The molecule has 6 heteroatoms. The third-order valence-electron chi connectivity index (χ3n) is 4.05. The predicted octanol–water partition coefficient (Wildman–Crippen LogP) is 2.08. The number of benzene rings is 1. The van der Waals surface area contributed by atoms with Gasteiger partial charge in [0.1, 0.15) is 6.10 Å². The number of hydrogen-bond donors (Lipinski definition) is 1. The van der Waals surface area contributed by atoms with Crippen LogP contribution in [-0.2, 0) is 9.47 Å². The third-order valence-corrected chi connectivity index (χ3v) is 4.05. The minimum atomic E-state index is -0.668. The summed E-state index contributed by atoms with van der Waals surface area (Å²) >= 11 is 0. The molecule has 1 N–H and O–H groups in total. The highest BCUT2D eigenvalue weighted by Gasteiger charge is 2.38. The van der Waals surface area contributed by atoms with E-state index < -0.39 is 5.79 Å². The number of nitrogens with zero attached hydrogens (tertiary/aromatic N) is 2. The number of ether oxygens (including phenoxy) is 2. The Morgan fingerprint density at radius 2 is 1.88 bits per heavy atom. The van der Waals surface area contributed by atoms with Crippen molar-refractivity contribution < 1.29 is 14.3 Å². The summed E-state index contributed by atoms with van der Waals surface area (Å²) in [5.41, 5.74) is 1.04. The average molecular weight is 335 g/mol. The molecule has 1 aromatic rings. The quantitative estimate of drug-likeness (QED) is 0.895. The van der Waals surface area contributed by atoms with E-state index in [0.717, 1.165) is 12.1 Å². The van der Waals surface area contributed by atoms with Gasteiger partial charge in [-0.2, -0.15) is 0 Å². The maximum atomic E-state index is 12.4. The molecule has 6 nitrogen and oxygen atoms in total. The molecule has 24 heavy (non-hydrogen) atoms. The van der Waals surface area contributed by atoms with Gasteiger partial charge in [0.05, 0.1) is 12.6 Å². The van der Waals surface area contributed by atoms with E-state index in [1.54, 1.807) is 11.9 Å². The first-order valence-electron chi connectivity index (χ1n) is 8.31. The van der Waals surface area contributed by atoms with Crippen molar-refractivity contribution >= 4 is 6.03 Å². The van der Waals surface area contributed by atoms with Gasteiger partial charge in [-0.15, -0.1) is 0 Å². The number of carbonyl (C=O) groups is 1. The number of likely N-dealkylation sites (N-methyl/N-ethyl adjacent to an activating group) is 2. The fraction of sp³-hybridized carbons (Fsp3) is 0.611. The molecule has 1 aliphatic rings. The lowest BCUT2D eigenvalue weighted by Gasteiger charge is -2.41. The molecular weight excluding hydrogens is 306 g/mol. The van der Waals surface area contributed by atoms with Gasteiger partial charge in [0.25, 0.3) is 0 Å². The molecule has 1 saturated heterocycles. The normalized spacial score (nSPS) is 23.1. The minimum absolute atomic E-state index is 0.116. The fourth-order valence-electron chi connectivity index (χ4n) is 2.58. The van der Waals surface area contributed by atoms with Crippen LogP contribution in [0.3, 0.4) is 0 Å². The van der Waals surface area contributed by atoms with E-state index in [4.69, 9.17) is 9.47 Å². The van der Waals surface area contributed by atoms with Crippen LogP contribution in [0.1, 0.15) is 25.5 Å². The Balaban J connectivity index is 2.05. The molecule has 1 aliphatic heterocycles. The molecule has 0 unspecified atom stereocenters. The smallest absolute Gasteiger partial charge is 0.317 e. The van der Waals surface area contributed by atoms with Crippen LogP contribution < -0.4 is 5.32 Å². The Morgan fingerprint density at radius 3 is 2.50 bits per heavy atom.